The van der Waals surface area contributed by atoms with Gasteiger partial charge in [-0.25, -0.2) is 4.68 Å². The van der Waals surface area contributed by atoms with Crippen LogP contribution in [0.5, 0.6) is 0 Å². The normalized spacial score (nSPS) is 14.1. The summed E-state index contributed by atoms with van der Waals surface area (Å²) in [4.78, 5) is 24.3. The van der Waals surface area contributed by atoms with Crippen LogP contribution in [-0.2, 0) is 0 Å². The molecule has 0 atom stereocenters. The van der Waals surface area contributed by atoms with Crippen LogP contribution in [0.25, 0.3) is 0 Å². The maximum atomic E-state index is 12.2. The van der Waals surface area contributed by atoms with Gasteiger partial charge in [-0.2, -0.15) is 5.10 Å². The molecule has 114 valence electrons. The minimum absolute atomic E-state index is 0.0659. The van der Waals surface area contributed by atoms with Crippen LogP contribution in [0, 0.1) is 29.9 Å². The first kappa shape index (κ1) is 14.8. The maximum absolute atomic E-state index is 12.2. The van der Waals surface area contributed by atoms with Gasteiger partial charge in [-0.3, -0.25) is 14.9 Å². The lowest BCUT2D eigenvalue weighted by Gasteiger charge is -2.03. The van der Waals surface area contributed by atoms with Crippen molar-refractivity contribution in [2.24, 2.45) is 5.92 Å². The first-order valence-corrected chi connectivity index (χ1v) is 7.81. The molecule has 1 aromatic carbocycles. The molecule has 1 heterocycles. The van der Waals surface area contributed by atoms with Crippen molar-refractivity contribution in [1.29, 1.82) is 0 Å². The maximum Gasteiger partial charge on any atom is 0.269 e. The third kappa shape index (κ3) is 2.76. The number of carbonyl (C=O) groups is 1. The van der Waals surface area contributed by atoms with Gasteiger partial charge in [0.2, 0.25) is 5.91 Å². The zero-order chi connectivity index (χ0) is 15.9. The van der Waals surface area contributed by atoms with Gasteiger partial charge in [-0.05, 0) is 38.8 Å². The van der Waals surface area contributed by atoms with Crippen LogP contribution in [0.1, 0.15) is 29.0 Å². The van der Waals surface area contributed by atoms with Crippen molar-refractivity contribution in [3.8, 4) is 0 Å². The van der Waals surface area contributed by atoms with Gasteiger partial charge >= 0.3 is 0 Å². The van der Waals surface area contributed by atoms with E-state index in [0.717, 1.165) is 34.0 Å². The van der Waals surface area contributed by atoms with Crippen LogP contribution in [0.2, 0.25) is 0 Å². The standard InChI is InChI=1S/C15H15N3O3S/c1-9-14(10(2)17(16-9)15(19)11-3-4-11)22-13-7-5-12(6-8-13)18(20)21/h5-8,11H,3-4H2,1-2H3. The number of non-ortho nitro benzene ring substituents is 1. The van der Waals surface area contributed by atoms with Crippen LogP contribution in [0.15, 0.2) is 34.1 Å². The molecule has 0 saturated heterocycles. The fourth-order valence-corrected chi connectivity index (χ4v) is 3.18. The number of nitro benzene ring substituents is 1. The van der Waals surface area contributed by atoms with Crippen molar-refractivity contribution >= 4 is 23.4 Å². The summed E-state index contributed by atoms with van der Waals surface area (Å²) >= 11 is 1.47. The van der Waals surface area contributed by atoms with Crippen LogP contribution in [0.3, 0.4) is 0 Å². The molecule has 3 rings (SSSR count). The highest BCUT2D eigenvalue weighted by Gasteiger charge is 2.33. The van der Waals surface area contributed by atoms with Crippen LogP contribution in [-0.4, -0.2) is 20.6 Å². The fourth-order valence-electron chi connectivity index (χ4n) is 2.25. The third-order valence-electron chi connectivity index (χ3n) is 3.63. The van der Waals surface area contributed by atoms with Gasteiger partial charge in [0.05, 0.1) is 21.2 Å². The predicted octanol–water partition coefficient (Wildman–Crippen LogP) is 3.61. The van der Waals surface area contributed by atoms with Gasteiger partial charge in [0.15, 0.2) is 0 Å². The van der Waals surface area contributed by atoms with Crippen molar-refractivity contribution in [1.82, 2.24) is 9.78 Å². The molecular weight excluding hydrogens is 302 g/mol. The number of benzene rings is 1. The van der Waals surface area contributed by atoms with E-state index >= 15 is 0 Å². The van der Waals surface area contributed by atoms with E-state index < -0.39 is 4.92 Å². The van der Waals surface area contributed by atoms with E-state index in [0.29, 0.717) is 0 Å². The molecule has 0 spiro atoms. The van der Waals surface area contributed by atoms with Gasteiger partial charge in [0.1, 0.15) is 0 Å². The molecule has 0 N–H and O–H groups in total. The quantitative estimate of drug-likeness (QED) is 0.636. The Morgan fingerprint density at radius 3 is 2.50 bits per heavy atom. The van der Waals surface area contributed by atoms with Crippen molar-refractivity contribution in [2.75, 3.05) is 0 Å². The Morgan fingerprint density at radius 2 is 1.95 bits per heavy atom. The van der Waals surface area contributed by atoms with E-state index in [-0.39, 0.29) is 17.5 Å². The number of aryl methyl sites for hydroxylation is 1. The van der Waals surface area contributed by atoms with E-state index in [1.165, 1.54) is 28.6 Å². The van der Waals surface area contributed by atoms with Crippen molar-refractivity contribution in [3.63, 3.8) is 0 Å². The van der Waals surface area contributed by atoms with Gasteiger partial charge in [0.25, 0.3) is 5.69 Å². The van der Waals surface area contributed by atoms with Crippen molar-refractivity contribution in [3.05, 3.63) is 45.8 Å². The second-order valence-corrected chi connectivity index (χ2v) is 6.46. The molecule has 2 aromatic rings. The van der Waals surface area contributed by atoms with E-state index in [2.05, 4.69) is 5.10 Å². The molecular formula is C15H15N3O3S. The number of rotatable bonds is 4. The van der Waals surface area contributed by atoms with Gasteiger partial charge in [-0.1, -0.05) is 11.8 Å². The second-order valence-electron chi connectivity index (χ2n) is 5.38. The summed E-state index contributed by atoms with van der Waals surface area (Å²) in [6.45, 7) is 3.76. The highest BCUT2D eigenvalue weighted by atomic mass is 32.2. The molecule has 1 aromatic heterocycles. The molecule has 6 nitrogen and oxygen atoms in total. The first-order chi connectivity index (χ1) is 10.5. The van der Waals surface area contributed by atoms with Crippen molar-refractivity contribution < 1.29 is 9.72 Å². The Bertz CT molecular complexity index is 748. The topological polar surface area (TPSA) is 78.0 Å². The predicted molar refractivity (Wildman–Crippen MR) is 82.3 cm³/mol. The Hall–Kier alpha value is -2.15. The summed E-state index contributed by atoms with van der Waals surface area (Å²) in [5.41, 5.74) is 1.70. The summed E-state index contributed by atoms with van der Waals surface area (Å²) in [7, 11) is 0. The van der Waals surface area contributed by atoms with E-state index in [9.17, 15) is 14.9 Å². The van der Waals surface area contributed by atoms with E-state index in [4.69, 9.17) is 0 Å². The van der Waals surface area contributed by atoms with Gasteiger partial charge in [-0.15, -0.1) is 0 Å². The minimum Gasteiger partial charge on any atom is -0.272 e. The molecule has 0 unspecified atom stereocenters. The lowest BCUT2D eigenvalue weighted by atomic mass is 10.3. The molecule has 22 heavy (non-hydrogen) atoms. The average Bonchev–Trinajstić information content (AvgIpc) is 3.30. The van der Waals surface area contributed by atoms with Crippen LogP contribution in [0.4, 0.5) is 5.69 Å². The van der Waals surface area contributed by atoms with E-state index in [1.807, 2.05) is 13.8 Å². The number of carbonyl (C=O) groups excluding carboxylic acids is 1. The summed E-state index contributed by atoms with van der Waals surface area (Å²) in [5, 5.41) is 15.0. The SMILES string of the molecule is Cc1nn(C(=O)C2CC2)c(C)c1Sc1ccc([N+](=O)[O-])cc1. The smallest absolute Gasteiger partial charge is 0.269 e. The zero-order valence-electron chi connectivity index (χ0n) is 12.3. The molecule has 1 aliphatic rings. The number of nitrogens with zero attached hydrogens (tertiary/aromatic N) is 3. The lowest BCUT2D eigenvalue weighted by molar-refractivity contribution is -0.384. The number of hydrogen-bond acceptors (Lipinski definition) is 5. The highest BCUT2D eigenvalue weighted by Crippen LogP contribution is 2.36. The average molecular weight is 317 g/mol. The Labute approximate surface area is 131 Å². The molecule has 0 radical (unpaired) electrons. The summed E-state index contributed by atoms with van der Waals surface area (Å²) in [6, 6.07) is 6.38. The molecule has 1 saturated carbocycles. The lowest BCUT2D eigenvalue weighted by Crippen LogP contribution is -2.15. The molecule has 0 amide bonds. The summed E-state index contributed by atoms with van der Waals surface area (Å²) in [5.74, 6) is 0.186. The highest BCUT2D eigenvalue weighted by molar-refractivity contribution is 7.99. The molecule has 7 heteroatoms. The monoisotopic (exact) mass is 317 g/mol. The van der Waals surface area contributed by atoms with E-state index in [1.54, 1.807) is 12.1 Å². The molecule has 0 aliphatic heterocycles. The molecule has 1 aliphatic carbocycles. The number of hydrogen-bond donors (Lipinski definition) is 0. The van der Waals surface area contributed by atoms with Crippen LogP contribution < -0.4 is 0 Å². The first-order valence-electron chi connectivity index (χ1n) is 7.00. The Morgan fingerprint density at radius 1 is 1.32 bits per heavy atom. The molecule has 0 bridgehead atoms. The third-order valence-corrected chi connectivity index (χ3v) is 4.93. The Balaban J connectivity index is 1.85. The number of nitro groups is 1. The van der Waals surface area contributed by atoms with Crippen LogP contribution >= 0.6 is 11.8 Å². The molecule has 1 fully saturated rings. The van der Waals surface area contributed by atoms with Gasteiger partial charge < -0.3 is 0 Å². The fraction of sp³-hybridized carbons (Fsp3) is 0.333. The minimum atomic E-state index is -0.419. The van der Waals surface area contributed by atoms with Gasteiger partial charge in [0, 0.05) is 22.9 Å². The largest absolute Gasteiger partial charge is 0.272 e. The second kappa shape index (κ2) is 5.57. The number of aromatic nitrogens is 2. The van der Waals surface area contributed by atoms with Crippen molar-refractivity contribution in [2.45, 2.75) is 36.5 Å². The summed E-state index contributed by atoms with van der Waals surface area (Å²) in [6.07, 6.45) is 1.89. The zero-order valence-corrected chi connectivity index (χ0v) is 13.1. The Kier molecular flexibility index (Phi) is 3.74. The summed E-state index contributed by atoms with van der Waals surface area (Å²) < 4.78 is 1.50.